The van der Waals surface area contributed by atoms with Crippen molar-refractivity contribution in [2.75, 3.05) is 12.4 Å². The number of benzene rings is 1. The molecule has 0 aromatic heterocycles. The topological polar surface area (TPSA) is 111 Å². The first-order valence-corrected chi connectivity index (χ1v) is 8.33. The number of nitrogens with one attached hydrogen (secondary N) is 1. The molecule has 1 unspecified atom stereocenters. The predicted octanol–water partition coefficient (Wildman–Crippen LogP) is 1.35. The van der Waals surface area contributed by atoms with Crippen molar-refractivity contribution < 1.29 is 24.8 Å². The summed E-state index contributed by atoms with van der Waals surface area (Å²) in [5, 5.41) is 19.6. The Hall–Kier alpha value is -1.78. The summed E-state index contributed by atoms with van der Waals surface area (Å²) >= 11 is 1.21. The number of hydrogen-bond donors (Lipinski definition) is 3. The average Bonchev–Trinajstić information content (AvgIpc) is 2.96. The van der Waals surface area contributed by atoms with Gasteiger partial charge in [0.1, 0.15) is 12.6 Å². The number of nitrogens with zero attached hydrogens (tertiary/aromatic N) is 2. The number of amides is 1. The van der Waals surface area contributed by atoms with Gasteiger partial charge in [0.15, 0.2) is 0 Å². The maximum atomic E-state index is 12.2. The molecule has 0 saturated carbocycles. The highest BCUT2D eigenvalue weighted by molar-refractivity contribution is 8.14. The van der Waals surface area contributed by atoms with Crippen molar-refractivity contribution in [3.8, 4) is 0 Å². The van der Waals surface area contributed by atoms with Crippen LogP contribution in [0.15, 0.2) is 35.3 Å². The molecule has 0 radical (unpaired) electrons. The minimum absolute atomic E-state index is 0.0460. The molecule has 8 nitrogen and oxygen atoms in total. The molecule has 2 rings (SSSR count). The van der Waals surface area contributed by atoms with E-state index in [2.05, 4.69) is 15.1 Å². The smallest absolute Gasteiger partial charge is 0.265 e. The van der Waals surface area contributed by atoms with Gasteiger partial charge in [-0.2, -0.15) is 0 Å². The van der Waals surface area contributed by atoms with Crippen LogP contribution in [0.25, 0.3) is 0 Å². The van der Waals surface area contributed by atoms with Crippen LogP contribution in [0.2, 0.25) is 0 Å². The van der Waals surface area contributed by atoms with Crippen LogP contribution in [0, 0.1) is 0 Å². The molecule has 1 aliphatic rings. The van der Waals surface area contributed by atoms with Gasteiger partial charge in [0.05, 0.1) is 17.1 Å². The lowest BCUT2D eigenvalue weighted by atomic mass is 10.1. The lowest BCUT2D eigenvalue weighted by Gasteiger charge is -2.16. The number of carbonyl (C=O) groups is 2. The van der Waals surface area contributed by atoms with E-state index in [1.54, 1.807) is 24.3 Å². The second kappa shape index (κ2) is 8.90. The van der Waals surface area contributed by atoms with E-state index in [1.165, 1.54) is 18.7 Å². The molecule has 0 spiro atoms. The molecule has 1 fully saturated rings. The lowest BCUT2D eigenvalue weighted by Crippen LogP contribution is -2.40. The molecule has 130 valence electrons. The molecule has 24 heavy (non-hydrogen) atoms. The molecule has 1 amide bonds. The maximum Gasteiger partial charge on any atom is 0.265 e. The van der Waals surface area contributed by atoms with Crippen LogP contribution >= 0.6 is 11.8 Å². The SMILES string of the molecule is CC(=N[C@@H](CON(O)O)c1ccccc1)C(=O)NC1CCSC1=O. The number of hydrogen-bond acceptors (Lipinski definition) is 8. The molecule has 2 atom stereocenters. The first-order valence-electron chi connectivity index (χ1n) is 7.35. The maximum absolute atomic E-state index is 12.2. The highest BCUT2D eigenvalue weighted by atomic mass is 32.2. The second-order valence-electron chi connectivity index (χ2n) is 5.17. The minimum atomic E-state index is -0.604. The lowest BCUT2D eigenvalue weighted by molar-refractivity contribution is -0.493. The van der Waals surface area contributed by atoms with Gasteiger partial charge >= 0.3 is 0 Å². The van der Waals surface area contributed by atoms with Crippen LogP contribution in [0.4, 0.5) is 0 Å². The van der Waals surface area contributed by atoms with E-state index in [0.717, 1.165) is 5.56 Å². The van der Waals surface area contributed by atoms with Gasteiger partial charge in [0.2, 0.25) is 5.12 Å². The standard InChI is InChI=1S/C15H19N3O5S/c1-10(14(19)17-12-7-8-24-15(12)20)16-13(9-23-18(21)22)11-5-3-2-4-6-11/h2-6,12-13,21-22H,7-9H2,1H3,(H,17,19)/t12?,13-/m0/s1. The zero-order valence-corrected chi connectivity index (χ0v) is 13.9. The Morgan fingerprint density at radius 2 is 2.17 bits per heavy atom. The molecule has 1 heterocycles. The second-order valence-corrected chi connectivity index (χ2v) is 6.27. The quantitative estimate of drug-likeness (QED) is 0.501. The summed E-state index contributed by atoms with van der Waals surface area (Å²) in [4.78, 5) is 32.7. The summed E-state index contributed by atoms with van der Waals surface area (Å²) in [6.07, 6.45) is 0.609. The molecule has 1 aliphatic heterocycles. The van der Waals surface area contributed by atoms with Gasteiger partial charge in [0, 0.05) is 5.75 Å². The van der Waals surface area contributed by atoms with E-state index in [0.29, 0.717) is 12.2 Å². The third kappa shape index (κ3) is 5.39. The number of carbonyl (C=O) groups excluding carboxylic acids is 2. The highest BCUT2D eigenvalue weighted by Gasteiger charge is 2.27. The van der Waals surface area contributed by atoms with Crippen LogP contribution in [0.1, 0.15) is 24.9 Å². The summed E-state index contributed by atoms with van der Waals surface area (Å²) < 4.78 is 0. The molecule has 1 aromatic rings. The van der Waals surface area contributed by atoms with E-state index in [-0.39, 0.29) is 17.4 Å². The average molecular weight is 353 g/mol. The van der Waals surface area contributed by atoms with E-state index in [9.17, 15) is 9.59 Å². The van der Waals surface area contributed by atoms with Gasteiger partial charge in [-0.15, -0.1) is 0 Å². The van der Waals surface area contributed by atoms with Crippen LogP contribution in [0.5, 0.6) is 0 Å². The molecule has 0 bridgehead atoms. The number of aliphatic imine (C=N–C) groups is 1. The molecule has 1 aromatic carbocycles. The zero-order valence-electron chi connectivity index (χ0n) is 13.1. The van der Waals surface area contributed by atoms with Crippen molar-refractivity contribution in [3.63, 3.8) is 0 Å². The van der Waals surface area contributed by atoms with E-state index < -0.39 is 23.4 Å². The van der Waals surface area contributed by atoms with Crippen molar-refractivity contribution in [1.82, 2.24) is 10.7 Å². The first-order chi connectivity index (χ1) is 11.5. The van der Waals surface area contributed by atoms with E-state index in [4.69, 9.17) is 10.4 Å². The fraction of sp³-hybridized carbons (Fsp3) is 0.400. The Labute approximate surface area is 143 Å². The number of rotatable bonds is 7. The van der Waals surface area contributed by atoms with E-state index in [1.807, 2.05) is 6.07 Å². The Kier molecular flexibility index (Phi) is 6.88. The monoisotopic (exact) mass is 353 g/mol. The van der Waals surface area contributed by atoms with Crippen molar-refractivity contribution in [3.05, 3.63) is 35.9 Å². The molecule has 1 saturated heterocycles. The predicted molar refractivity (Wildman–Crippen MR) is 87.7 cm³/mol. The van der Waals surface area contributed by atoms with Crippen LogP contribution in [-0.4, -0.2) is 50.9 Å². The number of thioether (sulfide) groups is 1. The Morgan fingerprint density at radius 3 is 2.75 bits per heavy atom. The first kappa shape index (κ1) is 18.6. The third-order valence-corrected chi connectivity index (χ3v) is 4.46. The van der Waals surface area contributed by atoms with Crippen LogP contribution in [0.3, 0.4) is 0 Å². The largest absolute Gasteiger partial charge is 0.340 e. The fourth-order valence-corrected chi connectivity index (χ4v) is 3.14. The minimum Gasteiger partial charge on any atom is -0.340 e. The Bertz CT molecular complexity index is 608. The molecule has 0 aliphatic carbocycles. The summed E-state index contributed by atoms with van der Waals surface area (Å²) in [6.45, 7) is 1.37. The van der Waals surface area contributed by atoms with Gasteiger partial charge in [-0.05, 0) is 18.9 Å². The van der Waals surface area contributed by atoms with Gasteiger partial charge in [0.25, 0.3) is 5.91 Å². The molecular formula is C15H19N3O5S. The van der Waals surface area contributed by atoms with Crippen molar-refractivity contribution in [2.45, 2.75) is 25.4 Å². The zero-order chi connectivity index (χ0) is 17.5. The normalized spacial score (nSPS) is 19.6. The third-order valence-electron chi connectivity index (χ3n) is 3.45. The van der Waals surface area contributed by atoms with Gasteiger partial charge < -0.3 is 5.32 Å². The van der Waals surface area contributed by atoms with Gasteiger partial charge in [-0.1, -0.05) is 42.1 Å². The van der Waals surface area contributed by atoms with Gasteiger partial charge in [-0.3, -0.25) is 25.0 Å². The Morgan fingerprint density at radius 1 is 1.46 bits per heavy atom. The molecule has 9 heteroatoms. The van der Waals surface area contributed by atoms with E-state index >= 15 is 0 Å². The fourth-order valence-electron chi connectivity index (χ4n) is 2.20. The highest BCUT2D eigenvalue weighted by Crippen LogP contribution is 2.20. The van der Waals surface area contributed by atoms with Crippen molar-refractivity contribution >= 4 is 28.5 Å². The summed E-state index contributed by atoms with van der Waals surface area (Å²) in [5.41, 5.74) is 0.929. The summed E-state index contributed by atoms with van der Waals surface area (Å²) in [7, 11) is 0. The van der Waals surface area contributed by atoms with Crippen molar-refractivity contribution in [1.29, 1.82) is 0 Å². The Balaban J connectivity index is 2.08. The van der Waals surface area contributed by atoms with Crippen LogP contribution in [-0.2, 0) is 14.4 Å². The summed E-state index contributed by atoms with van der Waals surface area (Å²) in [5.74, 6) is 0.269. The summed E-state index contributed by atoms with van der Waals surface area (Å²) in [6, 6.07) is 7.93. The van der Waals surface area contributed by atoms with Gasteiger partial charge in [-0.25, -0.2) is 4.84 Å². The molecular weight excluding hydrogens is 334 g/mol. The van der Waals surface area contributed by atoms with Crippen molar-refractivity contribution in [2.24, 2.45) is 4.99 Å². The van der Waals surface area contributed by atoms with Crippen LogP contribution < -0.4 is 5.32 Å². The molecule has 3 N–H and O–H groups in total.